The van der Waals surface area contributed by atoms with Crippen LogP contribution in [0.1, 0.15) is 18.1 Å². The Hall–Kier alpha value is -5.53. The van der Waals surface area contributed by atoms with E-state index < -0.39 is 0 Å². The molecule has 0 radical (unpaired) electrons. The van der Waals surface area contributed by atoms with Gasteiger partial charge in [-0.05, 0) is 97.3 Å². The summed E-state index contributed by atoms with van der Waals surface area (Å²) in [5, 5.41) is 16.0. The van der Waals surface area contributed by atoms with Gasteiger partial charge in [-0.2, -0.15) is 0 Å². The van der Waals surface area contributed by atoms with Gasteiger partial charge in [-0.1, -0.05) is 151 Å². The molecule has 7 aromatic carbocycles. The van der Waals surface area contributed by atoms with Crippen LogP contribution >= 0.6 is 0 Å². The van der Waals surface area contributed by atoms with Gasteiger partial charge in [0.1, 0.15) is 0 Å². The summed E-state index contributed by atoms with van der Waals surface area (Å²) >= 11 is 0. The first-order chi connectivity index (χ1) is 21.5. The molecule has 210 valence electrons. The van der Waals surface area contributed by atoms with E-state index in [1.165, 1.54) is 65.7 Å². The van der Waals surface area contributed by atoms with Crippen molar-refractivity contribution in [3.63, 3.8) is 0 Å². The molecule has 0 aliphatic carbocycles. The standard InChI is InChI=1S/C43H33N/c1-28(2)19-26-41(44)31-11-10-12-32(27-31)42-36-15-6-8-17-38(36)43(39-18-9-7-16-37(39)42)40-25-24-33(30-22-20-29(3)21-23-30)34-13-4-5-14-35(34)40/h4-27,44H,1H2,2-3H3/b26-19-,44-41?. The summed E-state index contributed by atoms with van der Waals surface area (Å²) < 4.78 is 0. The molecule has 0 unspecified atom stereocenters. The molecule has 0 aromatic heterocycles. The number of fused-ring (bicyclic) bond motifs is 3. The van der Waals surface area contributed by atoms with E-state index in [0.717, 1.165) is 16.7 Å². The highest BCUT2D eigenvalue weighted by Gasteiger charge is 2.19. The van der Waals surface area contributed by atoms with Crippen LogP contribution in [0.15, 0.2) is 158 Å². The van der Waals surface area contributed by atoms with E-state index in [0.29, 0.717) is 5.71 Å². The van der Waals surface area contributed by atoms with Gasteiger partial charge in [0, 0.05) is 0 Å². The number of benzene rings is 7. The van der Waals surface area contributed by atoms with Gasteiger partial charge in [0.25, 0.3) is 0 Å². The Morgan fingerprint density at radius 3 is 1.64 bits per heavy atom. The number of aryl methyl sites for hydroxylation is 1. The maximum absolute atomic E-state index is 8.69. The third-order valence-electron chi connectivity index (χ3n) is 8.48. The van der Waals surface area contributed by atoms with Crippen LogP contribution in [0.3, 0.4) is 0 Å². The minimum absolute atomic E-state index is 0.472. The second-order valence-corrected chi connectivity index (χ2v) is 11.6. The summed E-state index contributed by atoms with van der Waals surface area (Å²) in [6.07, 6.45) is 3.72. The average Bonchev–Trinajstić information content (AvgIpc) is 3.06. The van der Waals surface area contributed by atoms with Crippen LogP contribution in [0.5, 0.6) is 0 Å². The highest BCUT2D eigenvalue weighted by Crippen LogP contribution is 2.46. The zero-order chi connectivity index (χ0) is 30.2. The van der Waals surface area contributed by atoms with Crippen LogP contribution in [-0.2, 0) is 0 Å². The number of hydrogen-bond acceptors (Lipinski definition) is 1. The fourth-order valence-electron chi connectivity index (χ4n) is 6.40. The quantitative estimate of drug-likeness (QED) is 0.118. The SMILES string of the molecule is C=C(C)/C=C\C(=N)c1cccc(-c2c3ccccc3c(-c3ccc(-c4ccc(C)cc4)c4ccccc34)c3ccccc23)c1. The largest absolute Gasteiger partial charge is 0.300 e. The average molecular weight is 564 g/mol. The Morgan fingerprint density at radius 2 is 1.05 bits per heavy atom. The third-order valence-corrected chi connectivity index (χ3v) is 8.48. The molecule has 0 fully saturated rings. The van der Waals surface area contributed by atoms with Crippen LogP contribution in [0.2, 0.25) is 0 Å². The summed E-state index contributed by atoms with van der Waals surface area (Å²) in [5.74, 6) is 0. The Balaban J connectivity index is 1.51. The normalized spacial score (nSPS) is 11.5. The maximum Gasteiger partial charge on any atom is 0.0612 e. The second kappa shape index (κ2) is 11.3. The van der Waals surface area contributed by atoms with Crippen molar-refractivity contribution in [2.75, 3.05) is 0 Å². The van der Waals surface area contributed by atoms with Gasteiger partial charge >= 0.3 is 0 Å². The molecule has 1 nitrogen and oxygen atoms in total. The minimum Gasteiger partial charge on any atom is -0.300 e. The smallest absolute Gasteiger partial charge is 0.0612 e. The molecule has 0 saturated carbocycles. The van der Waals surface area contributed by atoms with E-state index in [-0.39, 0.29) is 0 Å². The molecule has 0 spiro atoms. The molecule has 0 saturated heterocycles. The predicted octanol–water partition coefficient (Wildman–Crippen LogP) is 12.0. The fraction of sp³-hybridized carbons (Fsp3) is 0.0465. The van der Waals surface area contributed by atoms with E-state index in [2.05, 4.69) is 141 Å². The van der Waals surface area contributed by atoms with Crippen molar-refractivity contribution >= 4 is 38.0 Å². The van der Waals surface area contributed by atoms with E-state index in [1.807, 2.05) is 25.1 Å². The Kier molecular flexibility index (Phi) is 7.00. The van der Waals surface area contributed by atoms with Gasteiger partial charge in [-0.25, -0.2) is 0 Å². The first-order valence-corrected chi connectivity index (χ1v) is 15.0. The molecule has 1 heteroatoms. The highest BCUT2D eigenvalue weighted by molar-refractivity contribution is 6.24. The molecule has 0 heterocycles. The lowest BCUT2D eigenvalue weighted by atomic mass is 9.83. The lowest BCUT2D eigenvalue weighted by Crippen LogP contribution is -1.96. The Morgan fingerprint density at radius 1 is 0.523 bits per heavy atom. The number of hydrogen-bond donors (Lipinski definition) is 1. The van der Waals surface area contributed by atoms with Crippen LogP contribution in [0.25, 0.3) is 65.7 Å². The lowest BCUT2D eigenvalue weighted by Gasteiger charge is -2.20. The highest BCUT2D eigenvalue weighted by atomic mass is 14.4. The molecule has 1 N–H and O–H groups in total. The lowest BCUT2D eigenvalue weighted by molar-refractivity contribution is 1.47. The zero-order valence-electron chi connectivity index (χ0n) is 25.1. The summed E-state index contributed by atoms with van der Waals surface area (Å²) in [4.78, 5) is 0. The van der Waals surface area contributed by atoms with Gasteiger partial charge in [-0.3, -0.25) is 0 Å². The summed E-state index contributed by atoms with van der Waals surface area (Å²) in [7, 11) is 0. The molecule has 0 atom stereocenters. The fourth-order valence-corrected chi connectivity index (χ4v) is 6.40. The van der Waals surface area contributed by atoms with Crippen molar-refractivity contribution in [1.82, 2.24) is 0 Å². The molecule has 7 aromatic rings. The first-order valence-electron chi connectivity index (χ1n) is 15.0. The topological polar surface area (TPSA) is 23.9 Å². The molecule has 0 aliphatic heterocycles. The maximum atomic E-state index is 8.69. The predicted molar refractivity (Wildman–Crippen MR) is 191 cm³/mol. The number of rotatable bonds is 6. The Labute approximate surface area is 259 Å². The summed E-state index contributed by atoms with van der Waals surface area (Å²) in [6.45, 7) is 8.02. The zero-order valence-corrected chi connectivity index (χ0v) is 25.1. The number of nitrogens with one attached hydrogen (secondary N) is 1. The second-order valence-electron chi connectivity index (χ2n) is 11.6. The molecule has 0 aliphatic rings. The molecule has 0 amide bonds. The summed E-state index contributed by atoms with van der Waals surface area (Å²) in [5.41, 5.74) is 10.8. The summed E-state index contributed by atoms with van der Waals surface area (Å²) in [6, 6.07) is 48.1. The van der Waals surface area contributed by atoms with E-state index in [9.17, 15) is 0 Å². The van der Waals surface area contributed by atoms with Gasteiger partial charge in [0.05, 0.1) is 5.71 Å². The van der Waals surface area contributed by atoms with Crippen LogP contribution in [0, 0.1) is 12.3 Å². The molecule has 0 bridgehead atoms. The van der Waals surface area contributed by atoms with Crippen molar-refractivity contribution in [2.45, 2.75) is 13.8 Å². The molecule has 7 rings (SSSR count). The van der Waals surface area contributed by atoms with Crippen molar-refractivity contribution in [1.29, 1.82) is 5.41 Å². The van der Waals surface area contributed by atoms with Crippen LogP contribution in [0.4, 0.5) is 0 Å². The first kappa shape index (κ1) is 27.3. The van der Waals surface area contributed by atoms with Gasteiger partial charge in [0.15, 0.2) is 0 Å². The molecule has 44 heavy (non-hydrogen) atoms. The van der Waals surface area contributed by atoms with E-state index >= 15 is 0 Å². The van der Waals surface area contributed by atoms with E-state index in [1.54, 1.807) is 0 Å². The monoisotopic (exact) mass is 563 g/mol. The van der Waals surface area contributed by atoms with Gasteiger partial charge in [-0.15, -0.1) is 0 Å². The van der Waals surface area contributed by atoms with Gasteiger partial charge < -0.3 is 5.41 Å². The third kappa shape index (κ3) is 4.83. The van der Waals surface area contributed by atoms with Crippen LogP contribution < -0.4 is 0 Å². The van der Waals surface area contributed by atoms with Crippen molar-refractivity contribution < 1.29 is 0 Å². The van der Waals surface area contributed by atoms with Crippen molar-refractivity contribution in [3.8, 4) is 33.4 Å². The minimum atomic E-state index is 0.472. The van der Waals surface area contributed by atoms with Gasteiger partial charge in [0.2, 0.25) is 0 Å². The van der Waals surface area contributed by atoms with Crippen molar-refractivity contribution in [3.05, 3.63) is 169 Å². The Bertz CT molecular complexity index is 2210. The van der Waals surface area contributed by atoms with E-state index in [4.69, 9.17) is 5.41 Å². The van der Waals surface area contributed by atoms with Crippen LogP contribution in [-0.4, -0.2) is 5.71 Å². The molecular formula is C43H33N. The number of allylic oxidation sites excluding steroid dienone is 3. The molecular weight excluding hydrogens is 530 g/mol. The van der Waals surface area contributed by atoms with Crippen molar-refractivity contribution in [2.24, 2.45) is 0 Å².